The maximum absolute atomic E-state index is 12.4. The average Bonchev–Trinajstić information content (AvgIpc) is 2.78. The van der Waals surface area contributed by atoms with Gasteiger partial charge in [-0.3, -0.25) is 9.59 Å². The molecule has 0 bridgehead atoms. The maximum Gasteiger partial charge on any atom is 0.259 e. The van der Waals surface area contributed by atoms with Crippen LogP contribution in [0.2, 0.25) is 0 Å². The maximum atomic E-state index is 12.4. The van der Waals surface area contributed by atoms with Gasteiger partial charge in [0.2, 0.25) is 5.91 Å². The molecule has 0 fully saturated rings. The highest BCUT2D eigenvalue weighted by Crippen LogP contribution is 2.18. The lowest BCUT2D eigenvalue weighted by Crippen LogP contribution is -2.46. The minimum absolute atomic E-state index is 0.0350. The summed E-state index contributed by atoms with van der Waals surface area (Å²) >= 11 is 3.19. The van der Waals surface area contributed by atoms with E-state index >= 15 is 0 Å². The molecule has 9 heteroatoms. The molecule has 3 rings (SSSR count). The number of ether oxygens (including phenoxy) is 1. The number of hydrogen-bond acceptors (Lipinski definition) is 6. The van der Waals surface area contributed by atoms with Crippen LogP contribution in [0, 0.1) is 0 Å². The van der Waals surface area contributed by atoms with Crippen molar-refractivity contribution < 1.29 is 22.7 Å². The van der Waals surface area contributed by atoms with Crippen LogP contribution in [-0.2, 0) is 32.5 Å². The second kappa shape index (κ2) is 10.5. The Morgan fingerprint density at radius 1 is 0.875 bits per heavy atom. The Hall–Kier alpha value is -3.01. The van der Waals surface area contributed by atoms with Crippen LogP contribution in [0.4, 0.5) is 0 Å². The van der Waals surface area contributed by atoms with E-state index < -0.39 is 27.4 Å². The van der Waals surface area contributed by atoms with Crippen LogP contribution < -0.4 is 10.6 Å². The molecule has 0 heterocycles. The molecule has 2 amide bonds. The van der Waals surface area contributed by atoms with E-state index in [-0.39, 0.29) is 11.3 Å². The SMILES string of the molecule is NN(C(=O)Cc1ccc(OCc2ccccc2)cc1)C(=O)CS(=O)(=O)c1cccc(Br)c1. The van der Waals surface area contributed by atoms with Crippen LogP contribution in [0.5, 0.6) is 5.75 Å². The van der Waals surface area contributed by atoms with Crippen molar-refractivity contribution in [1.29, 1.82) is 0 Å². The van der Waals surface area contributed by atoms with Crippen LogP contribution in [0.3, 0.4) is 0 Å². The first kappa shape index (κ1) is 23.6. The lowest BCUT2D eigenvalue weighted by Gasteiger charge is -2.15. The first-order valence-electron chi connectivity index (χ1n) is 9.59. The molecule has 2 N–H and O–H groups in total. The third-order valence-electron chi connectivity index (χ3n) is 4.53. The number of hydrazine groups is 1. The number of hydrogen-bond donors (Lipinski definition) is 1. The lowest BCUT2D eigenvalue weighted by atomic mass is 10.1. The molecule has 3 aromatic carbocycles. The van der Waals surface area contributed by atoms with Crippen molar-refractivity contribution in [2.75, 3.05) is 5.75 Å². The summed E-state index contributed by atoms with van der Waals surface area (Å²) in [7, 11) is -3.94. The topological polar surface area (TPSA) is 107 Å². The van der Waals surface area contributed by atoms with Crippen LogP contribution >= 0.6 is 15.9 Å². The van der Waals surface area contributed by atoms with E-state index in [0.29, 0.717) is 27.4 Å². The van der Waals surface area contributed by atoms with Gasteiger partial charge in [-0.1, -0.05) is 64.5 Å². The molecule has 0 aromatic heterocycles. The van der Waals surface area contributed by atoms with Gasteiger partial charge in [0.25, 0.3) is 5.91 Å². The Morgan fingerprint density at radius 2 is 1.56 bits per heavy atom. The number of carbonyl (C=O) groups excluding carboxylic acids is 2. The summed E-state index contributed by atoms with van der Waals surface area (Å²) in [5.41, 5.74) is 1.64. The third-order valence-corrected chi connectivity index (χ3v) is 6.63. The van der Waals surface area contributed by atoms with E-state index in [0.717, 1.165) is 5.56 Å². The molecule has 0 spiro atoms. The molecular weight excluding hydrogens is 496 g/mol. The first-order chi connectivity index (χ1) is 15.2. The van der Waals surface area contributed by atoms with Crippen molar-refractivity contribution in [3.05, 3.63) is 94.5 Å². The molecule has 7 nitrogen and oxygen atoms in total. The molecule has 0 saturated carbocycles. The fourth-order valence-electron chi connectivity index (χ4n) is 2.82. The van der Waals surface area contributed by atoms with Gasteiger partial charge in [-0.05, 0) is 41.5 Å². The zero-order chi connectivity index (χ0) is 23.1. The fraction of sp³-hybridized carbons (Fsp3) is 0.130. The summed E-state index contributed by atoms with van der Waals surface area (Å²) in [6, 6.07) is 22.5. The van der Waals surface area contributed by atoms with Gasteiger partial charge >= 0.3 is 0 Å². The summed E-state index contributed by atoms with van der Waals surface area (Å²) < 4.78 is 31.1. The van der Waals surface area contributed by atoms with Crippen molar-refractivity contribution in [2.24, 2.45) is 5.84 Å². The minimum Gasteiger partial charge on any atom is -0.489 e. The summed E-state index contributed by atoms with van der Waals surface area (Å²) in [6.07, 6.45) is -0.155. The third kappa shape index (κ3) is 6.49. The van der Waals surface area contributed by atoms with Gasteiger partial charge in [-0.15, -0.1) is 0 Å². The zero-order valence-electron chi connectivity index (χ0n) is 17.0. The molecule has 3 aromatic rings. The van der Waals surface area contributed by atoms with E-state index in [1.165, 1.54) is 12.1 Å². The Morgan fingerprint density at radius 3 is 2.22 bits per heavy atom. The van der Waals surface area contributed by atoms with E-state index in [1.807, 2.05) is 30.3 Å². The Bertz CT molecular complexity index is 1200. The van der Waals surface area contributed by atoms with Crippen LogP contribution in [0.25, 0.3) is 0 Å². The molecule has 0 aliphatic heterocycles. The quantitative estimate of drug-likeness (QED) is 0.279. The van der Waals surface area contributed by atoms with E-state index in [2.05, 4.69) is 15.9 Å². The molecule has 0 unspecified atom stereocenters. The number of amides is 2. The molecule has 0 radical (unpaired) electrons. The number of halogens is 1. The van der Waals surface area contributed by atoms with Crippen molar-refractivity contribution in [2.45, 2.75) is 17.9 Å². The molecular formula is C23H21BrN2O5S. The highest BCUT2D eigenvalue weighted by atomic mass is 79.9. The Kier molecular flexibility index (Phi) is 7.79. The molecule has 32 heavy (non-hydrogen) atoms. The molecule has 0 saturated heterocycles. The average molecular weight is 517 g/mol. The summed E-state index contributed by atoms with van der Waals surface area (Å²) in [6.45, 7) is 0.413. The first-order valence-corrected chi connectivity index (χ1v) is 12.0. The lowest BCUT2D eigenvalue weighted by molar-refractivity contribution is -0.143. The normalized spacial score (nSPS) is 11.1. The van der Waals surface area contributed by atoms with Gasteiger partial charge in [0.1, 0.15) is 18.1 Å². The van der Waals surface area contributed by atoms with Crippen molar-refractivity contribution in [3.8, 4) is 5.75 Å². The number of imide groups is 1. The monoisotopic (exact) mass is 516 g/mol. The van der Waals surface area contributed by atoms with Crippen LogP contribution in [0.15, 0.2) is 88.2 Å². The second-order valence-electron chi connectivity index (χ2n) is 6.97. The van der Waals surface area contributed by atoms with E-state index in [4.69, 9.17) is 10.6 Å². The van der Waals surface area contributed by atoms with Gasteiger partial charge in [0, 0.05) is 4.47 Å². The van der Waals surface area contributed by atoms with Crippen molar-refractivity contribution >= 4 is 37.6 Å². The van der Waals surface area contributed by atoms with E-state index in [9.17, 15) is 18.0 Å². The van der Waals surface area contributed by atoms with Crippen molar-refractivity contribution in [1.82, 2.24) is 5.01 Å². The largest absolute Gasteiger partial charge is 0.489 e. The number of rotatable bonds is 8. The smallest absolute Gasteiger partial charge is 0.259 e. The van der Waals surface area contributed by atoms with Gasteiger partial charge in [-0.25, -0.2) is 19.3 Å². The fourth-order valence-corrected chi connectivity index (χ4v) is 4.59. The highest BCUT2D eigenvalue weighted by Gasteiger charge is 2.26. The van der Waals surface area contributed by atoms with E-state index in [1.54, 1.807) is 36.4 Å². The van der Waals surface area contributed by atoms with Crippen LogP contribution in [0.1, 0.15) is 11.1 Å². The summed E-state index contributed by atoms with van der Waals surface area (Å²) in [5, 5.41) is 0.356. The van der Waals surface area contributed by atoms with Crippen LogP contribution in [-0.4, -0.2) is 31.0 Å². The summed E-state index contributed by atoms with van der Waals surface area (Å²) in [4.78, 5) is 24.6. The van der Waals surface area contributed by atoms with Crippen molar-refractivity contribution in [3.63, 3.8) is 0 Å². The van der Waals surface area contributed by atoms with Gasteiger partial charge < -0.3 is 4.74 Å². The summed E-state index contributed by atoms with van der Waals surface area (Å²) in [5.74, 6) is 3.61. The second-order valence-corrected chi connectivity index (χ2v) is 9.87. The number of nitrogens with zero attached hydrogens (tertiary/aromatic N) is 1. The highest BCUT2D eigenvalue weighted by molar-refractivity contribution is 9.10. The zero-order valence-corrected chi connectivity index (χ0v) is 19.4. The number of benzene rings is 3. The molecule has 166 valence electrons. The Balaban J connectivity index is 1.55. The van der Waals surface area contributed by atoms with Gasteiger partial charge in [0.05, 0.1) is 11.3 Å². The van der Waals surface area contributed by atoms with Gasteiger partial charge in [0.15, 0.2) is 9.84 Å². The Labute approximate surface area is 194 Å². The number of nitrogens with two attached hydrogens (primary N) is 1. The minimum atomic E-state index is -3.94. The predicted octanol–water partition coefficient (Wildman–Crippen LogP) is 3.27. The molecule has 0 aliphatic carbocycles. The number of sulfone groups is 1. The van der Waals surface area contributed by atoms with Gasteiger partial charge in [-0.2, -0.15) is 0 Å². The predicted molar refractivity (Wildman–Crippen MR) is 123 cm³/mol. The standard InChI is InChI=1S/C23H21BrN2O5S/c24-19-7-4-8-21(14-19)32(29,30)16-23(28)26(25)22(27)13-17-9-11-20(12-10-17)31-15-18-5-2-1-3-6-18/h1-12,14H,13,15-16,25H2. The number of carbonyl (C=O) groups is 2. The molecule has 0 aliphatic rings. The molecule has 0 atom stereocenters.